The van der Waals surface area contributed by atoms with Crippen LogP contribution in [0, 0.1) is 0 Å². The third-order valence-electron chi connectivity index (χ3n) is 7.37. The number of carbonyl (C=O) groups is 3. The minimum Gasteiger partial charge on any atom is -0.478 e. The number of rotatable bonds is 8. The summed E-state index contributed by atoms with van der Waals surface area (Å²) >= 11 is 1.57. The number of aliphatic hydroxyl groups excluding tert-OH is 1. The molecule has 1 saturated heterocycles. The first kappa shape index (κ1) is 27.9. The van der Waals surface area contributed by atoms with Gasteiger partial charge in [0, 0.05) is 22.6 Å². The zero-order valence-electron chi connectivity index (χ0n) is 22.4. The van der Waals surface area contributed by atoms with Crippen LogP contribution >= 0.6 is 11.8 Å². The molecule has 2 heterocycles. The summed E-state index contributed by atoms with van der Waals surface area (Å²) in [7, 11) is 0. The van der Waals surface area contributed by atoms with Gasteiger partial charge in [-0.3, -0.25) is 9.59 Å². The Morgan fingerprint density at radius 1 is 0.810 bits per heavy atom. The van der Waals surface area contributed by atoms with Gasteiger partial charge in [0.15, 0.2) is 6.29 Å². The quantitative estimate of drug-likeness (QED) is 0.192. The lowest BCUT2D eigenvalue weighted by Gasteiger charge is -2.36. The summed E-state index contributed by atoms with van der Waals surface area (Å²) in [4.78, 5) is 39.2. The molecule has 2 aliphatic rings. The summed E-state index contributed by atoms with van der Waals surface area (Å²) in [6.45, 7) is -0.0447. The number of thioether (sulfide) groups is 1. The Hall–Kier alpha value is -4.28. The first-order valence-corrected chi connectivity index (χ1v) is 14.4. The van der Waals surface area contributed by atoms with Crippen molar-refractivity contribution in [3.05, 3.63) is 130 Å². The van der Waals surface area contributed by atoms with Crippen LogP contribution in [0.2, 0.25) is 0 Å². The van der Waals surface area contributed by atoms with E-state index in [0.717, 1.165) is 21.6 Å². The number of imide groups is 1. The maximum atomic E-state index is 12.9. The Labute approximate surface area is 246 Å². The summed E-state index contributed by atoms with van der Waals surface area (Å²) in [6.07, 6.45) is -0.557. The largest absolute Gasteiger partial charge is 0.478 e. The summed E-state index contributed by atoms with van der Waals surface area (Å²) < 4.78 is 12.8. The second-order valence-corrected chi connectivity index (χ2v) is 11.2. The molecule has 3 atom stereocenters. The number of carboxylic acid groups (broad SMARTS) is 1. The van der Waals surface area contributed by atoms with E-state index in [4.69, 9.17) is 9.47 Å². The molecule has 42 heavy (non-hydrogen) atoms. The van der Waals surface area contributed by atoms with Crippen LogP contribution < -0.4 is 4.90 Å². The molecule has 212 valence electrons. The van der Waals surface area contributed by atoms with Gasteiger partial charge in [-0.2, -0.15) is 0 Å². The summed E-state index contributed by atoms with van der Waals surface area (Å²) in [5.41, 5.74) is 3.99. The standard InChI is InChI=1S/C33H27NO7S/c35-18-20-5-7-21(8-6-20)29-17-25(19-42-26-15-11-22(12-16-26)32(38)39)40-33(41-29)23-9-13-24(14-10-23)34-30(36)27-3-1-2-4-28(27)31(34)37/h1-16,25,29,33,35H,17-19H2,(H,38,39)/t25-,29+,33+/m0/s1. The summed E-state index contributed by atoms with van der Waals surface area (Å²) in [6, 6.07) is 28.2. The van der Waals surface area contributed by atoms with Gasteiger partial charge in [-0.05, 0) is 59.7 Å². The van der Waals surface area contributed by atoms with Crippen LogP contribution in [-0.4, -0.2) is 39.9 Å². The van der Waals surface area contributed by atoms with Gasteiger partial charge in [0.1, 0.15) is 0 Å². The molecule has 2 amide bonds. The Balaban J connectivity index is 1.21. The van der Waals surface area contributed by atoms with Gasteiger partial charge in [0.25, 0.3) is 11.8 Å². The number of anilines is 1. The highest BCUT2D eigenvalue weighted by atomic mass is 32.2. The van der Waals surface area contributed by atoms with E-state index < -0.39 is 12.3 Å². The van der Waals surface area contributed by atoms with Gasteiger partial charge in [-0.25, -0.2) is 9.69 Å². The number of amides is 2. The molecule has 8 nitrogen and oxygen atoms in total. The van der Waals surface area contributed by atoms with Crippen LogP contribution in [0.25, 0.3) is 0 Å². The third-order valence-corrected chi connectivity index (χ3v) is 8.51. The molecular weight excluding hydrogens is 554 g/mol. The lowest BCUT2D eigenvalue weighted by molar-refractivity contribution is -0.245. The predicted molar refractivity (Wildman–Crippen MR) is 157 cm³/mol. The highest BCUT2D eigenvalue weighted by Gasteiger charge is 2.37. The number of nitrogens with zero attached hydrogens (tertiary/aromatic N) is 1. The monoisotopic (exact) mass is 581 g/mol. The van der Waals surface area contributed by atoms with Crippen LogP contribution in [0.15, 0.2) is 102 Å². The Kier molecular flexibility index (Phi) is 7.90. The maximum Gasteiger partial charge on any atom is 0.335 e. The van der Waals surface area contributed by atoms with Crippen molar-refractivity contribution in [1.29, 1.82) is 0 Å². The van der Waals surface area contributed by atoms with Crippen LogP contribution in [0.4, 0.5) is 5.69 Å². The van der Waals surface area contributed by atoms with E-state index in [2.05, 4.69) is 0 Å². The summed E-state index contributed by atoms with van der Waals surface area (Å²) in [5, 5.41) is 18.6. The number of aliphatic hydroxyl groups is 1. The third kappa shape index (κ3) is 5.60. The number of aromatic carboxylic acids is 1. The molecular formula is C33H27NO7S. The van der Waals surface area contributed by atoms with Crippen molar-refractivity contribution in [1.82, 2.24) is 0 Å². The molecule has 0 aliphatic carbocycles. The zero-order valence-corrected chi connectivity index (χ0v) is 23.2. The zero-order chi connectivity index (χ0) is 29.2. The fourth-order valence-electron chi connectivity index (χ4n) is 5.11. The topological polar surface area (TPSA) is 113 Å². The van der Waals surface area contributed by atoms with Crippen molar-refractivity contribution in [3.8, 4) is 0 Å². The fourth-order valence-corrected chi connectivity index (χ4v) is 6.03. The average molecular weight is 582 g/mol. The van der Waals surface area contributed by atoms with Gasteiger partial charge in [-0.1, -0.05) is 48.5 Å². The van der Waals surface area contributed by atoms with Gasteiger partial charge in [-0.15, -0.1) is 11.8 Å². The molecule has 0 bridgehead atoms. The molecule has 0 saturated carbocycles. The van der Waals surface area contributed by atoms with Crippen LogP contribution in [0.3, 0.4) is 0 Å². The molecule has 2 N–H and O–H groups in total. The average Bonchev–Trinajstić information content (AvgIpc) is 3.29. The Bertz CT molecular complexity index is 1580. The van der Waals surface area contributed by atoms with Crippen LogP contribution in [0.1, 0.15) is 66.6 Å². The normalized spacial score (nSPS) is 20.0. The molecule has 9 heteroatoms. The first-order valence-electron chi connectivity index (χ1n) is 13.5. The van der Waals surface area contributed by atoms with Crippen molar-refractivity contribution in [2.75, 3.05) is 10.7 Å². The van der Waals surface area contributed by atoms with Gasteiger partial charge in [0.2, 0.25) is 0 Å². The Morgan fingerprint density at radius 3 is 2.02 bits per heavy atom. The molecule has 0 aromatic heterocycles. The molecule has 0 spiro atoms. The van der Waals surface area contributed by atoms with E-state index in [1.165, 1.54) is 4.90 Å². The van der Waals surface area contributed by atoms with Gasteiger partial charge < -0.3 is 19.7 Å². The van der Waals surface area contributed by atoms with Gasteiger partial charge >= 0.3 is 5.97 Å². The summed E-state index contributed by atoms with van der Waals surface area (Å²) in [5.74, 6) is -1.06. The molecule has 6 rings (SSSR count). The van der Waals surface area contributed by atoms with Crippen molar-refractivity contribution >= 4 is 35.2 Å². The maximum absolute atomic E-state index is 12.9. The number of hydrogen-bond acceptors (Lipinski definition) is 7. The SMILES string of the molecule is O=C(O)c1ccc(SC[C@@H]2C[C@H](c3ccc(CO)cc3)O[C@H](c3ccc(N4C(=O)c5ccccc5C4=O)cc3)O2)cc1. The second kappa shape index (κ2) is 11.9. The smallest absolute Gasteiger partial charge is 0.335 e. The number of fused-ring (bicyclic) bond motifs is 1. The van der Waals surface area contributed by atoms with Crippen molar-refractivity contribution in [2.24, 2.45) is 0 Å². The van der Waals surface area contributed by atoms with E-state index in [-0.39, 0.29) is 36.2 Å². The number of carbonyl (C=O) groups excluding carboxylic acids is 2. The molecule has 0 unspecified atom stereocenters. The minimum absolute atomic E-state index is 0.0447. The van der Waals surface area contributed by atoms with Crippen LogP contribution in [0.5, 0.6) is 0 Å². The highest BCUT2D eigenvalue weighted by Crippen LogP contribution is 2.40. The predicted octanol–water partition coefficient (Wildman–Crippen LogP) is 6.02. The number of carboxylic acids is 1. The lowest BCUT2D eigenvalue weighted by Crippen LogP contribution is -2.31. The van der Waals surface area contributed by atoms with Crippen LogP contribution in [-0.2, 0) is 16.1 Å². The van der Waals surface area contributed by atoms with Gasteiger partial charge in [0.05, 0.1) is 41.2 Å². The number of hydrogen-bond donors (Lipinski definition) is 2. The van der Waals surface area contributed by atoms with Crippen molar-refractivity contribution in [2.45, 2.75) is 36.4 Å². The fraction of sp³-hybridized carbons (Fsp3) is 0.182. The van der Waals surface area contributed by atoms with Crippen molar-refractivity contribution in [3.63, 3.8) is 0 Å². The molecule has 4 aromatic rings. The molecule has 0 radical (unpaired) electrons. The molecule has 2 aliphatic heterocycles. The molecule has 4 aromatic carbocycles. The number of ether oxygens (including phenoxy) is 2. The highest BCUT2D eigenvalue weighted by molar-refractivity contribution is 7.99. The molecule has 1 fully saturated rings. The van der Waals surface area contributed by atoms with E-state index in [1.54, 1.807) is 84.6 Å². The Morgan fingerprint density at radius 2 is 1.43 bits per heavy atom. The van der Waals surface area contributed by atoms with Crippen molar-refractivity contribution < 1.29 is 34.1 Å². The minimum atomic E-state index is -0.966. The second-order valence-electron chi connectivity index (χ2n) is 10.1. The van der Waals surface area contributed by atoms with E-state index in [9.17, 15) is 24.6 Å². The lowest BCUT2D eigenvalue weighted by atomic mass is 10.0. The van der Waals surface area contributed by atoms with E-state index >= 15 is 0 Å². The number of benzene rings is 4. The first-order chi connectivity index (χ1) is 20.4. The van der Waals surface area contributed by atoms with E-state index in [1.807, 2.05) is 24.3 Å². The van der Waals surface area contributed by atoms with E-state index in [0.29, 0.717) is 29.0 Å².